The summed E-state index contributed by atoms with van der Waals surface area (Å²) in [6, 6.07) is 1.76. The first-order valence-corrected chi connectivity index (χ1v) is 8.66. The number of ether oxygens (including phenoxy) is 1. The zero-order valence-corrected chi connectivity index (χ0v) is 15.4. The van der Waals surface area contributed by atoms with Gasteiger partial charge in [-0.15, -0.1) is 0 Å². The quantitative estimate of drug-likeness (QED) is 0.725. The maximum absolute atomic E-state index is 12.6. The van der Waals surface area contributed by atoms with Crippen LogP contribution in [0.1, 0.15) is 38.9 Å². The molecule has 3 aromatic rings. The topological polar surface area (TPSA) is 93.8 Å². The fraction of sp³-hybridized carbons (Fsp3) is 0.333. The van der Waals surface area contributed by atoms with Gasteiger partial charge in [0, 0.05) is 38.1 Å². The van der Waals surface area contributed by atoms with E-state index in [1.54, 1.807) is 21.7 Å². The number of carbonyl (C=O) groups is 2. The number of nitrogens with zero attached hydrogens (tertiary/aromatic N) is 5. The summed E-state index contributed by atoms with van der Waals surface area (Å²) in [6.45, 7) is 3.23. The molecule has 140 valence electrons. The molecule has 0 radical (unpaired) electrons. The van der Waals surface area contributed by atoms with Crippen LogP contribution in [0.15, 0.2) is 24.7 Å². The van der Waals surface area contributed by atoms with Crippen molar-refractivity contribution < 1.29 is 14.3 Å². The normalized spacial score (nSPS) is 13.3. The van der Waals surface area contributed by atoms with Gasteiger partial charge in [0.15, 0.2) is 0 Å². The number of aryl methyl sites for hydroxylation is 1. The number of methoxy groups -OCH3 is 1. The predicted molar refractivity (Wildman–Crippen MR) is 96.5 cm³/mol. The van der Waals surface area contributed by atoms with Gasteiger partial charge in [-0.2, -0.15) is 5.10 Å². The molecule has 0 saturated carbocycles. The summed E-state index contributed by atoms with van der Waals surface area (Å²) >= 11 is 0. The molecule has 0 atom stereocenters. The molecule has 0 aliphatic carbocycles. The lowest BCUT2D eigenvalue weighted by molar-refractivity contribution is 0.0786. The highest BCUT2D eigenvalue weighted by molar-refractivity contribution is 6.00. The zero-order chi connectivity index (χ0) is 19.1. The standard InChI is InChI=1S/C18H20N6O3/c1-4-23-10-14-12(18(23)26)7-11(16(21-14)27-3)8-19-15(25)13-9-20-24-6-5-22(2)17(13)24/h5-7,9H,4,8,10H2,1-3H3,(H,19,25). The average Bonchev–Trinajstić information content (AvgIpc) is 3.34. The Hall–Kier alpha value is -3.36. The van der Waals surface area contributed by atoms with Crippen molar-refractivity contribution >= 4 is 17.5 Å². The van der Waals surface area contributed by atoms with Gasteiger partial charge in [0.05, 0.1) is 31.1 Å². The van der Waals surface area contributed by atoms with Crippen LogP contribution >= 0.6 is 0 Å². The number of pyridine rings is 1. The summed E-state index contributed by atoms with van der Waals surface area (Å²) in [4.78, 5) is 31.2. The van der Waals surface area contributed by atoms with E-state index in [1.165, 1.54) is 13.3 Å². The van der Waals surface area contributed by atoms with Gasteiger partial charge in [0.1, 0.15) is 11.2 Å². The predicted octanol–water partition coefficient (Wildman–Crippen LogP) is 0.982. The number of aromatic nitrogens is 4. The van der Waals surface area contributed by atoms with Gasteiger partial charge in [-0.05, 0) is 13.0 Å². The second-order valence-electron chi connectivity index (χ2n) is 6.39. The number of rotatable bonds is 5. The van der Waals surface area contributed by atoms with Crippen molar-refractivity contribution in [3.05, 3.63) is 47.0 Å². The molecule has 4 rings (SSSR count). The van der Waals surface area contributed by atoms with Crippen molar-refractivity contribution in [1.82, 2.24) is 29.4 Å². The molecule has 9 nitrogen and oxygen atoms in total. The van der Waals surface area contributed by atoms with Crippen LogP contribution in [-0.2, 0) is 20.1 Å². The minimum atomic E-state index is -0.254. The molecule has 0 aromatic carbocycles. The van der Waals surface area contributed by atoms with Gasteiger partial charge >= 0.3 is 0 Å². The van der Waals surface area contributed by atoms with Crippen LogP contribution in [0.3, 0.4) is 0 Å². The van der Waals surface area contributed by atoms with E-state index in [0.717, 1.165) is 0 Å². The van der Waals surface area contributed by atoms with Crippen LogP contribution in [0.5, 0.6) is 5.88 Å². The van der Waals surface area contributed by atoms with Crippen LogP contribution in [0.25, 0.3) is 5.65 Å². The lowest BCUT2D eigenvalue weighted by Gasteiger charge is -2.10. The van der Waals surface area contributed by atoms with E-state index >= 15 is 0 Å². The van der Waals surface area contributed by atoms with E-state index in [1.807, 2.05) is 24.7 Å². The fourth-order valence-electron chi connectivity index (χ4n) is 3.34. The molecule has 1 aliphatic rings. The Kier molecular flexibility index (Phi) is 4.06. The number of nitrogens with one attached hydrogen (secondary N) is 1. The molecule has 0 unspecified atom stereocenters. The smallest absolute Gasteiger partial charge is 0.256 e. The Morgan fingerprint density at radius 1 is 1.37 bits per heavy atom. The van der Waals surface area contributed by atoms with Crippen LogP contribution in [0, 0.1) is 0 Å². The maximum atomic E-state index is 12.6. The van der Waals surface area contributed by atoms with Crippen LogP contribution in [0.2, 0.25) is 0 Å². The third-order valence-electron chi connectivity index (χ3n) is 4.79. The number of carbonyl (C=O) groups excluding carboxylic acids is 2. The van der Waals surface area contributed by atoms with Gasteiger partial charge in [-0.1, -0.05) is 0 Å². The highest BCUT2D eigenvalue weighted by Gasteiger charge is 2.29. The third kappa shape index (κ3) is 2.71. The fourth-order valence-corrected chi connectivity index (χ4v) is 3.34. The SMILES string of the molecule is CCN1Cc2nc(OC)c(CNC(=O)c3cnn4ccn(C)c34)cc2C1=O. The number of hydrogen-bond donors (Lipinski definition) is 1. The Labute approximate surface area is 155 Å². The largest absolute Gasteiger partial charge is 0.481 e. The Balaban J connectivity index is 1.58. The molecule has 2 amide bonds. The van der Waals surface area contributed by atoms with E-state index in [2.05, 4.69) is 15.4 Å². The third-order valence-corrected chi connectivity index (χ3v) is 4.79. The van der Waals surface area contributed by atoms with Crippen LogP contribution in [0.4, 0.5) is 0 Å². The van der Waals surface area contributed by atoms with Crippen molar-refractivity contribution in [2.75, 3.05) is 13.7 Å². The van der Waals surface area contributed by atoms with Gasteiger partial charge in [-0.3, -0.25) is 9.59 Å². The molecule has 0 fully saturated rings. The molecule has 27 heavy (non-hydrogen) atoms. The zero-order valence-electron chi connectivity index (χ0n) is 15.4. The molecule has 0 spiro atoms. The second kappa shape index (κ2) is 6.42. The molecule has 0 bridgehead atoms. The summed E-state index contributed by atoms with van der Waals surface area (Å²) in [6.07, 6.45) is 5.15. The van der Waals surface area contributed by atoms with Crippen molar-refractivity contribution in [2.45, 2.75) is 20.0 Å². The highest BCUT2D eigenvalue weighted by Crippen LogP contribution is 2.27. The average molecular weight is 368 g/mol. The molecule has 9 heteroatoms. The summed E-state index contributed by atoms with van der Waals surface area (Å²) in [5.41, 5.74) is 3.11. The van der Waals surface area contributed by atoms with Crippen molar-refractivity contribution in [2.24, 2.45) is 7.05 Å². The molecule has 1 aliphatic heterocycles. The van der Waals surface area contributed by atoms with Crippen LogP contribution < -0.4 is 10.1 Å². The lowest BCUT2D eigenvalue weighted by atomic mass is 10.1. The second-order valence-corrected chi connectivity index (χ2v) is 6.39. The Morgan fingerprint density at radius 2 is 2.19 bits per heavy atom. The molecule has 0 saturated heterocycles. The Bertz CT molecular complexity index is 1050. The first-order valence-electron chi connectivity index (χ1n) is 8.66. The van der Waals surface area contributed by atoms with Crippen molar-refractivity contribution in [3.63, 3.8) is 0 Å². The summed E-state index contributed by atoms with van der Waals surface area (Å²) < 4.78 is 8.84. The van der Waals surface area contributed by atoms with Gasteiger partial charge in [0.25, 0.3) is 11.8 Å². The molecule has 4 heterocycles. The monoisotopic (exact) mass is 368 g/mol. The highest BCUT2D eigenvalue weighted by atomic mass is 16.5. The summed E-state index contributed by atoms with van der Waals surface area (Å²) in [5, 5.41) is 7.04. The van der Waals surface area contributed by atoms with E-state index < -0.39 is 0 Å². The van der Waals surface area contributed by atoms with E-state index in [9.17, 15) is 9.59 Å². The first kappa shape index (κ1) is 17.1. The lowest BCUT2D eigenvalue weighted by Crippen LogP contribution is -2.24. The number of imidazole rings is 1. The summed E-state index contributed by atoms with van der Waals surface area (Å²) in [5.74, 6) is 0.118. The molecular formula is C18H20N6O3. The molecule has 1 N–H and O–H groups in total. The van der Waals surface area contributed by atoms with Gasteiger partial charge < -0.3 is 19.5 Å². The van der Waals surface area contributed by atoms with E-state index in [0.29, 0.717) is 47.0 Å². The van der Waals surface area contributed by atoms with Crippen LogP contribution in [-0.4, -0.2) is 49.5 Å². The number of hydrogen-bond acceptors (Lipinski definition) is 5. The number of fused-ring (bicyclic) bond motifs is 2. The molecular weight excluding hydrogens is 348 g/mol. The minimum absolute atomic E-state index is 0.0441. The maximum Gasteiger partial charge on any atom is 0.256 e. The van der Waals surface area contributed by atoms with E-state index in [-0.39, 0.29) is 18.4 Å². The minimum Gasteiger partial charge on any atom is -0.481 e. The van der Waals surface area contributed by atoms with Crippen molar-refractivity contribution in [3.8, 4) is 5.88 Å². The Morgan fingerprint density at radius 3 is 2.93 bits per heavy atom. The van der Waals surface area contributed by atoms with Crippen molar-refractivity contribution in [1.29, 1.82) is 0 Å². The summed E-state index contributed by atoms with van der Waals surface area (Å²) in [7, 11) is 3.38. The van der Waals surface area contributed by atoms with Gasteiger partial charge in [0.2, 0.25) is 5.88 Å². The number of amides is 2. The first-order chi connectivity index (χ1) is 13.0. The molecule has 3 aromatic heterocycles. The van der Waals surface area contributed by atoms with E-state index in [4.69, 9.17) is 4.74 Å². The van der Waals surface area contributed by atoms with Gasteiger partial charge in [-0.25, -0.2) is 9.50 Å².